The summed E-state index contributed by atoms with van der Waals surface area (Å²) in [6, 6.07) is 0.450. The van der Waals surface area contributed by atoms with Gasteiger partial charge in [0.25, 0.3) is 0 Å². The quantitative estimate of drug-likeness (QED) is 0.774. The van der Waals surface area contributed by atoms with Gasteiger partial charge in [-0.3, -0.25) is 0 Å². The maximum Gasteiger partial charge on any atom is 0.405 e. The Balaban J connectivity index is 2.41. The molecule has 18 heavy (non-hydrogen) atoms. The van der Waals surface area contributed by atoms with Crippen molar-refractivity contribution in [3.63, 3.8) is 0 Å². The normalized spacial score (nSPS) is 25.0. The van der Waals surface area contributed by atoms with E-state index in [1.165, 1.54) is 0 Å². The van der Waals surface area contributed by atoms with Crippen molar-refractivity contribution in [2.75, 3.05) is 20.6 Å². The molecule has 1 saturated carbocycles. The third-order valence-electron chi connectivity index (χ3n) is 3.16. The van der Waals surface area contributed by atoms with E-state index < -0.39 is 12.7 Å². The molecule has 2 N–H and O–H groups in total. The second kappa shape index (κ2) is 6.56. The highest BCUT2D eigenvalue weighted by molar-refractivity contribution is 7.80. The van der Waals surface area contributed by atoms with Crippen LogP contribution in [0.15, 0.2) is 0 Å². The molecule has 0 radical (unpaired) electrons. The molecular formula is C11H20F3N3S. The Labute approximate surface area is 111 Å². The minimum absolute atomic E-state index is 0.0890. The van der Waals surface area contributed by atoms with Crippen LogP contribution in [-0.2, 0) is 0 Å². The molecule has 1 rings (SSSR count). The molecular weight excluding hydrogens is 263 g/mol. The van der Waals surface area contributed by atoms with Gasteiger partial charge in [-0.05, 0) is 39.2 Å². The lowest BCUT2D eigenvalue weighted by atomic mass is 9.90. The van der Waals surface area contributed by atoms with E-state index in [0.29, 0.717) is 6.04 Å². The Kier molecular flexibility index (Phi) is 5.65. The fraction of sp³-hybridized carbons (Fsp3) is 0.909. The van der Waals surface area contributed by atoms with Crippen molar-refractivity contribution in [3.05, 3.63) is 0 Å². The van der Waals surface area contributed by atoms with E-state index in [-0.39, 0.29) is 11.2 Å². The highest BCUT2D eigenvalue weighted by atomic mass is 32.1. The summed E-state index contributed by atoms with van der Waals surface area (Å²) in [5.41, 5.74) is 0. The lowest BCUT2D eigenvalue weighted by Crippen LogP contribution is -2.54. The van der Waals surface area contributed by atoms with Gasteiger partial charge in [-0.15, -0.1) is 0 Å². The maximum absolute atomic E-state index is 12.0. The molecule has 2 atom stereocenters. The predicted molar refractivity (Wildman–Crippen MR) is 69.5 cm³/mol. The zero-order valence-electron chi connectivity index (χ0n) is 10.7. The highest BCUT2D eigenvalue weighted by Gasteiger charge is 2.29. The van der Waals surface area contributed by atoms with E-state index in [1.54, 1.807) is 0 Å². The van der Waals surface area contributed by atoms with Gasteiger partial charge in [0, 0.05) is 12.1 Å². The van der Waals surface area contributed by atoms with Crippen LogP contribution in [-0.4, -0.2) is 48.9 Å². The summed E-state index contributed by atoms with van der Waals surface area (Å²) in [5.74, 6) is 0. The first-order chi connectivity index (χ1) is 8.29. The molecule has 1 fully saturated rings. The van der Waals surface area contributed by atoms with Gasteiger partial charge in [-0.1, -0.05) is 12.8 Å². The zero-order chi connectivity index (χ0) is 13.8. The van der Waals surface area contributed by atoms with Crippen molar-refractivity contribution in [2.24, 2.45) is 0 Å². The van der Waals surface area contributed by atoms with Crippen LogP contribution in [0.1, 0.15) is 25.7 Å². The molecule has 0 spiro atoms. The first-order valence-corrected chi connectivity index (χ1v) is 6.48. The second-order valence-electron chi connectivity index (χ2n) is 4.86. The van der Waals surface area contributed by atoms with Crippen molar-refractivity contribution in [3.8, 4) is 0 Å². The van der Waals surface area contributed by atoms with E-state index in [2.05, 4.69) is 15.5 Å². The summed E-state index contributed by atoms with van der Waals surface area (Å²) in [6.45, 7) is -1.09. The monoisotopic (exact) mass is 283 g/mol. The third kappa shape index (κ3) is 5.39. The lowest BCUT2D eigenvalue weighted by molar-refractivity contribution is -0.122. The zero-order valence-corrected chi connectivity index (χ0v) is 11.5. The Morgan fingerprint density at radius 2 is 1.89 bits per heavy atom. The third-order valence-corrected chi connectivity index (χ3v) is 3.42. The predicted octanol–water partition coefficient (Wildman–Crippen LogP) is 1.89. The molecule has 0 heterocycles. The van der Waals surface area contributed by atoms with Crippen molar-refractivity contribution < 1.29 is 13.2 Å². The van der Waals surface area contributed by atoms with Gasteiger partial charge in [0.15, 0.2) is 5.11 Å². The number of likely N-dealkylation sites (N-methyl/N-ethyl adjacent to an activating group) is 1. The second-order valence-corrected chi connectivity index (χ2v) is 5.27. The lowest BCUT2D eigenvalue weighted by Gasteiger charge is -2.37. The number of halogens is 3. The molecule has 1 aliphatic rings. The molecule has 0 saturated heterocycles. The first-order valence-electron chi connectivity index (χ1n) is 6.07. The molecule has 0 amide bonds. The Morgan fingerprint density at radius 3 is 2.44 bits per heavy atom. The SMILES string of the molecule is CN(C)[C@H]1CCCC[C@@H]1NC(=S)NCC(F)(F)F. The van der Waals surface area contributed by atoms with Crippen LogP contribution in [0, 0.1) is 0 Å². The van der Waals surface area contributed by atoms with Gasteiger partial charge >= 0.3 is 6.18 Å². The van der Waals surface area contributed by atoms with Crippen LogP contribution >= 0.6 is 12.2 Å². The molecule has 0 aromatic heterocycles. The smallest absolute Gasteiger partial charge is 0.358 e. The first kappa shape index (κ1) is 15.5. The fourth-order valence-electron chi connectivity index (χ4n) is 2.30. The van der Waals surface area contributed by atoms with Gasteiger partial charge < -0.3 is 15.5 Å². The minimum atomic E-state index is -4.24. The van der Waals surface area contributed by atoms with Gasteiger partial charge in [-0.25, -0.2) is 0 Å². The van der Waals surface area contributed by atoms with Crippen LogP contribution in [0.4, 0.5) is 13.2 Å². The van der Waals surface area contributed by atoms with Crippen molar-refractivity contribution in [2.45, 2.75) is 43.9 Å². The van der Waals surface area contributed by atoms with Gasteiger partial charge in [0.2, 0.25) is 0 Å². The molecule has 0 unspecified atom stereocenters. The van der Waals surface area contributed by atoms with Crippen molar-refractivity contribution in [1.29, 1.82) is 0 Å². The summed E-state index contributed by atoms with van der Waals surface area (Å²) in [7, 11) is 3.97. The van der Waals surface area contributed by atoms with Crippen LogP contribution in [0.25, 0.3) is 0 Å². The number of nitrogens with zero attached hydrogens (tertiary/aromatic N) is 1. The average molecular weight is 283 g/mol. The number of hydrogen-bond donors (Lipinski definition) is 2. The Bertz CT molecular complexity index is 281. The van der Waals surface area contributed by atoms with Crippen LogP contribution < -0.4 is 10.6 Å². The van der Waals surface area contributed by atoms with E-state index in [0.717, 1.165) is 25.7 Å². The maximum atomic E-state index is 12.0. The largest absolute Gasteiger partial charge is 0.405 e. The van der Waals surface area contributed by atoms with Gasteiger partial charge in [-0.2, -0.15) is 13.2 Å². The van der Waals surface area contributed by atoms with Crippen LogP contribution in [0.5, 0.6) is 0 Å². The van der Waals surface area contributed by atoms with Gasteiger partial charge in [0.05, 0.1) is 0 Å². The number of thiocarbonyl (C=S) groups is 1. The topological polar surface area (TPSA) is 27.3 Å². The molecule has 0 aromatic rings. The van der Waals surface area contributed by atoms with Crippen LogP contribution in [0.2, 0.25) is 0 Å². The summed E-state index contributed by atoms with van der Waals surface area (Å²) in [4.78, 5) is 2.10. The van der Waals surface area contributed by atoms with Crippen LogP contribution in [0.3, 0.4) is 0 Å². The van der Waals surface area contributed by atoms with Crippen molar-refractivity contribution in [1.82, 2.24) is 15.5 Å². The Hall–Kier alpha value is -0.560. The molecule has 0 aromatic carbocycles. The molecule has 0 bridgehead atoms. The minimum Gasteiger partial charge on any atom is -0.358 e. The van der Waals surface area contributed by atoms with Gasteiger partial charge in [0.1, 0.15) is 6.54 Å². The van der Waals surface area contributed by atoms with E-state index in [1.807, 2.05) is 14.1 Å². The van der Waals surface area contributed by atoms with Crippen molar-refractivity contribution >= 4 is 17.3 Å². The standard InChI is InChI=1S/C11H20F3N3S/c1-17(2)9-6-4-3-5-8(9)16-10(18)15-7-11(12,13)14/h8-9H,3-7H2,1-2H3,(H2,15,16,18)/t8-,9-/m0/s1. The molecule has 3 nitrogen and oxygen atoms in total. The Morgan fingerprint density at radius 1 is 1.28 bits per heavy atom. The average Bonchev–Trinajstić information content (AvgIpc) is 2.26. The summed E-state index contributed by atoms with van der Waals surface area (Å²) >= 11 is 4.90. The molecule has 1 aliphatic carbocycles. The number of rotatable bonds is 3. The molecule has 7 heteroatoms. The number of nitrogens with one attached hydrogen (secondary N) is 2. The highest BCUT2D eigenvalue weighted by Crippen LogP contribution is 2.21. The number of hydrogen-bond acceptors (Lipinski definition) is 2. The van der Waals surface area contributed by atoms with E-state index in [9.17, 15) is 13.2 Å². The summed E-state index contributed by atoms with van der Waals surface area (Å²) in [6.07, 6.45) is -0.00382. The number of alkyl halides is 3. The summed E-state index contributed by atoms with van der Waals surface area (Å²) in [5, 5.41) is 5.30. The van der Waals surface area contributed by atoms with E-state index >= 15 is 0 Å². The molecule has 0 aliphatic heterocycles. The van der Waals surface area contributed by atoms with E-state index in [4.69, 9.17) is 12.2 Å². The fourth-order valence-corrected chi connectivity index (χ4v) is 2.52. The summed E-state index contributed by atoms with van der Waals surface area (Å²) < 4.78 is 36.1. The molecule has 106 valence electrons.